The number of benzene rings is 3. The van der Waals surface area contributed by atoms with Gasteiger partial charge in [-0.05, 0) is 85.2 Å². The minimum Gasteiger partial charge on any atom is -0.384 e. The molecule has 4 nitrogen and oxygen atoms in total. The highest BCUT2D eigenvalue weighted by atomic mass is 35.5. The lowest BCUT2D eigenvalue weighted by atomic mass is 9.68. The molecule has 216 valence electrons. The number of hydrogen-bond donors (Lipinski definition) is 1. The fourth-order valence-corrected chi connectivity index (χ4v) is 7.71. The molecule has 5 rings (SSSR count). The van der Waals surface area contributed by atoms with Gasteiger partial charge in [-0.15, -0.1) is 11.8 Å². The van der Waals surface area contributed by atoms with Gasteiger partial charge in [0.05, 0.1) is 22.6 Å². The van der Waals surface area contributed by atoms with E-state index in [9.17, 15) is 10.1 Å². The fourth-order valence-electron chi connectivity index (χ4n) is 5.99. The van der Waals surface area contributed by atoms with E-state index in [2.05, 4.69) is 39.0 Å². The van der Waals surface area contributed by atoms with Crippen molar-refractivity contribution in [3.63, 3.8) is 0 Å². The molecule has 1 heterocycles. The molecule has 1 aliphatic heterocycles. The van der Waals surface area contributed by atoms with Crippen molar-refractivity contribution in [3.05, 3.63) is 114 Å². The smallest absolute Gasteiger partial charge is 0.162 e. The molecule has 0 saturated heterocycles. The van der Waals surface area contributed by atoms with Crippen LogP contribution in [0, 0.1) is 37.5 Å². The van der Waals surface area contributed by atoms with Gasteiger partial charge >= 0.3 is 0 Å². The number of nitrogens with zero attached hydrogens (tertiary/aromatic N) is 2. The van der Waals surface area contributed by atoms with Crippen molar-refractivity contribution < 1.29 is 4.79 Å². The number of carbonyl (C=O) groups excluding carboxylic acids is 1. The summed E-state index contributed by atoms with van der Waals surface area (Å²) >= 11 is 20.8. The topological polar surface area (TPSA) is 70.1 Å². The summed E-state index contributed by atoms with van der Waals surface area (Å²) in [4.78, 5) is 16.8. The van der Waals surface area contributed by atoms with E-state index in [0.29, 0.717) is 50.6 Å². The first-order valence-electron chi connectivity index (χ1n) is 13.7. The second kappa shape index (κ2) is 11.7. The second-order valence-electron chi connectivity index (χ2n) is 11.9. The van der Waals surface area contributed by atoms with Crippen molar-refractivity contribution >= 4 is 58.0 Å². The zero-order chi connectivity index (χ0) is 30.5. The number of ketones is 1. The lowest BCUT2D eigenvalue weighted by Gasteiger charge is -2.44. The van der Waals surface area contributed by atoms with Crippen LogP contribution in [0.1, 0.15) is 60.4 Å². The lowest BCUT2D eigenvalue weighted by molar-refractivity contribution is -0.118. The number of hydrogen-bond acceptors (Lipinski definition) is 5. The van der Waals surface area contributed by atoms with Gasteiger partial charge in [0.25, 0.3) is 0 Å². The molecule has 1 unspecified atom stereocenters. The van der Waals surface area contributed by atoms with E-state index in [1.807, 2.05) is 43.0 Å². The van der Waals surface area contributed by atoms with Crippen LogP contribution in [0.25, 0.3) is 0 Å². The molecule has 0 fully saturated rings. The van der Waals surface area contributed by atoms with Crippen molar-refractivity contribution in [2.24, 2.45) is 11.1 Å². The van der Waals surface area contributed by atoms with Crippen molar-refractivity contribution in [2.45, 2.75) is 64.0 Å². The number of rotatable bonds is 5. The second-order valence-corrected chi connectivity index (χ2v) is 14.2. The molecule has 0 saturated carbocycles. The normalized spacial score (nSPS) is 18.3. The Morgan fingerprint density at radius 3 is 2.45 bits per heavy atom. The maximum atomic E-state index is 14.0. The molecular weight excluding hydrogens is 605 g/mol. The van der Waals surface area contributed by atoms with E-state index >= 15 is 0 Å². The van der Waals surface area contributed by atoms with Gasteiger partial charge in [-0.25, -0.2) is 0 Å². The Labute approximate surface area is 267 Å². The van der Waals surface area contributed by atoms with Crippen molar-refractivity contribution in [1.29, 1.82) is 5.26 Å². The lowest BCUT2D eigenvalue weighted by Crippen LogP contribution is -2.42. The third-order valence-corrected chi connectivity index (χ3v) is 10.3. The molecule has 1 atom stereocenters. The van der Waals surface area contributed by atoms with Gasteiger partial charge < -0.3 is 5.73 Å². The Bertz CT molecular complexity index is 1730. The maximum absolute atomic E-state index is 14.0. The molecule has 0 bridgehead atoms. The quantitative estimate of drug-likeness (QED) is 0.282. The van der Waals surface area contributed by atoms with Gasteiger partial charge in [-0.2, -0.15) is 5.26 Å². The summed E-state index contributed by atoms with van der Waals surface area (Å²) in [5, 5.41) is 12.4. The van der Waals surface area contributed by atoms with Crippen LogP contribution in [-0.2, 0) is 10.5 Å². The molecule has 0 amide bonds. The van der Waals surface area contributed by atoms with Crippen molar-refractivity contribution in [1.82, 2.24) is 0 Å². The first-order chi connectivity index (χ1) is 19.8. The zero-order valence-electron chi connectivity index (χ0n) is 24.2. The van der Waals surface area contributed by atoms with E-state index in [1.54, 1.807) is 23.9 Å². The van der Waals surface area contributed by atoms with Crippen LogP contribution in [0.3, 0.4) is 0 Å². The SMILES string of the molecule is Cc1cc(CSc2cc(Cl)ccc2Cl)c(C)c(C2C(C#N)=C(N)N(c3ccc(C)c(Cl)c3)C3=C2C(=O)CC(C)(C)C3)c1. The third kappa shape index (κ3) is 5.71. The predicted molar refractivity (Wildman–Crippen MR) is 175 cm³/mol. The predicted octanol–water partition coefficient (Wildman–Crippen LogP) is 9.81. The monoisotopic (exact) mass is 635 g/mol. The van der Waals surface area contributed by atoms with Crippen LogP contribution in [0.2, 0.25) is 15.1 Å². The molecule has 8 heteroatoms. The average Bonchev–Trinajstić information content (AvgIpc) is 2.91. The van der Waals surface area contributed by atoms with Gasteiger partial charge in [0.2, 0.25) is 0 Å². The van der Waals surface area contributed by atoms with Crippen LogP contribution < -0.4 is 10.6 Å². The minimum absolute atomic E-state index is 0.0391. The van der Waals surface area contributed by atoms with E-state index in [0.717, 1.165) is 44.1 Å². The molecule has 3 aromatic rings. The highest BCUT2D eigenvalue weighted by Gasteiger charge is 2.45. The number of nitriles is 1. The first kappa shape index (κ1) is 30.6. The van der Waals surface area contributed by atoms with Gasteiger partial charge in [0, 0.05) is 44.1 Å². The van der Waals surface area contributed by atoms with Gasteiger partial charge in [0.1, 0.15) is 5.82 Å². The van der Waals surface area contributed by atoms with Crippen molar-refractivity contribution in [2.75, 3.05) is 4.90 Å². The van der Waals surface area contributed by atoms with Gasteiger partial charge in [0.15, 0.2) is 5.78 Å². The van der Waals surface area contributed by atoms with Crippen LogP contribution in [-0.4, -0.2) is 5.78 Å². The fraction of sp³-hybridized carbons (Fsp3) is 0.294. The number of anilines is 1. The van der Waals surface area contributed by atoms with Crippen LogP contribution in [0.5, 0.6) is 0 Å². The summed E-state index contributed by atoms with van der Waals surface area (Å²) < 4.78 is 0. The highest BCUT2D eigenvalue weighted by Crippen LogP contribution is 2.51. The number of Topliss-reactive ketones (excluding diaryl/α,β-unsaturated/α-hetero) is 1. The molecule has 1 aliphatic carbocycles. The Morgan fingerprint density at radius 1 is 1.02 bits per heavy atom. The number of aryl methyl sites for hydroxylation is 2. The van der Waals surface area contributed by atoms with Gasteiger partial charge in [-0.3, -0.25) is 9.69 Å². The molecule has 42 heavy (non-hydrogen) atoms. The first-order valence-corrected chi connectivity index (χ1v) is 15.8. The Balaban J connectivity index is 1.68. The summed E-state index contributed by atoms with van der Waals surface area (Å²) in [6.07, 6.45) is 1.03. The molecule has 0 spiro atoms. The van der Waals surface area contributed by atoms with E-state index in [4.69, 9.17) is 40.5 Å². The Morgan fingerprint density at radius 2 is 1.76 bits per heavy atom. The minimum atomic E-state index is -0.566. The standard InChI is InChI=1S/C34H32Cl3N3OS/c1-18-10-21(17-42-30-12-22(35)7-9-26(30)36)20(3)24(11-18)31-25(16-38)33(39)40(23-8-6-19(2)27(37)13-23)28-14-34(4,5)15-29(41)32(28)31/h6-13,31H,14-15,17,39H2,1-5H3. The number of nitrogens with two attached hydrogens (primary N) is 1. The Hall–Kier alpha value is -2.88. The molecule has 0 aromatic heterocycles. The maximum Gasteiger partial charge on any atom is 0.162 e. The van der Waals surface area contributed by atoms with Crippen LogP contribution in [0.15, 0.2) is 76.1 Å². The summed E-state index contributed by atoms with van der Waals surface area (Å²) in [5.41, 5.74) is 14.2. The van der Waals surface area contributed by atoms with E-state index in [1.165, 1.54) is 0 Å². The number of halogens is 3. The van der Waals surface area contributed by atoms with Crippen molar-refractivity contribution in [3.8, 4) is 6.07 Å². The number of carbonyl (C=O) groups is 1. The number of allylic oxidation sites excluding steroid dienone is 3. The summed E-state index contributed by atoms with van der Waals surface area (Å²) in [5.74, 6) is 0.450. The summed E-state index contributed by atoms with van der Waals surface area (Å²) in [6, 6.07) is 17.8. The summed E-state index contributed by atoms with van der Waals surface area (Å²) in [7, 11) is 0. The highest BCUT2D eigenvalue weighted by molar-refractivity contribution is 7.98. The van der Waals surface area contributed by atoms with E-state index in [-0.39, 0.29) is 11.2 Å². The molecule has 2 aliphatic rings. The summed E-state index contributed by atoms with van der Waals surface area (Å²) in [6.45, 7) is 10.2. The van der Waals surface area contributed by atoms with Crippen LogP contribution in [0.4, 0.5) is 5.69 Å². The average molecular weight is 637 g/mol. The molecular formula is C34H32Cl3N3OS. The van der Waals surface area contributed by atoms with Gasteiger partial charge in [-0.1, -0.05) is 72.4 Å². The van der Waals surface area contributed by atoms with Crippen LogP contribution >= 0.6 is 46.6 Å². The molecule has 3 aromatic carbocycles. The largest absolute Gasteiger partial charge is 0.384 e. The third-order valence-electron chi connectivity index (χ3n) is 8.08. The zero-order valence-corrected chi connectivity index (χ0v) is 27.3. The van der Waals surface area contributed by atoms with E-state index < -0.39 is 5.92 Å². The number of thioether (sulfide) groups is 1. The molecule has 2 N–H and O–H groups in total. The molecule has 0 radical (unpaired) electrons. The Kier molecular flexibility index (Phi) is 8.49.